The predicted octanol–water partition coefficient (Wildman–Crippen LogP) is -0.875. The van der Waals surface area contributed by atoms with Crippen molar-refractivity contribution in [2.75, 3.05) is 26.3 Å². The molecule has 7 nitrogen and oxygen atoms in total. The molecule has 1 heterocycles. The minimum absolute atomic E-state index is 0.0155. The van der Waals surface area contributed by atoms with Crippen LogP contribution in [0.25, 0.3) is 0 Å². The summed E-state index contributed by atoms with van der Waals surface area (Å²) in [6.45, 7) is -0.167. The molecule has 1 aromatic rings. The van der Waals surface area contributed by atoms with Gasteiger partial charge in [0.1, 0.15) is 0 Å². The zero-order valence-electron chi connectivity index (χ0n) is 13.5. The van der Waals surface area contributed by atoms with E-state index in [0.29, 0.717) is 13.1 Å². The first kappa shape index (κ1) is 19.2. The van der Waals surface area contributed by atoms with Gasteiger partial charge in [-0.25, -0.2) is 8.78 Å². The lowest BCUT2D eigenvalue weighted by Gasteiger charge is -2.35. The molecule has 1 atom stereocenters. The van der Waals surface area contributed by atoms with Crippen molar-refractivity contribution < 1.29 is 28.6 Å². The maximum Gasteiger partial charge on any atom is 0.237 e. The van der Waals surface area contributed by atoms with Gasteiger partial charge >= 0.3 is 0 Å². The number of piperazine rings is 1. The fourth-order valence-electron chi connectivity index (χ4n) is 2.67. The molecule has 1 aliphatic rings. The van der Waals surface area contributed by atoms with E-state index in [4.69, 9.17) is 10.2 Å². The van der Waals surface area contributed by atoms with Crippen molar-refractivity contribution in [3.8, 4) is 0 Å². The second-order valence-electron chi connectivity index (χ2n) is 5.82. The first-order valence-corrected chi connectivity index (χ1v) is 7.92. The van der Waals surface area contributed by atoms with Crippen LogP contribution < -0.4 is 10.6 Å². The van der Waals surface area contributed by atoms with Crippen LogP contribution in [-0.2, 0) is 16.1 Å². The fourth-order valence-corrected chi connectivity index (χ4v) is 2.67. The normalized spacial score (nSPS) is 18.3. The Morgan fingerprint density at radius 3 is 2.76 bits per heavy atom. The van der Waals surface area contributed by atoms with E-state index in [1.54, 1.807) is 4.90 Å². The topological polar surface area (TPSA) is 102 Å². The number of aliphatic hydroxyl groups excluding tert-OH is 2. The third-order valence-electron chi connectivity index (χ3n) is 4.03. The van der Waals surface area contributed by atoms with Crippen LogP contribution in [0.1, 0.15) is 12.0 Å². The molecule has 25 heavy (non-hydrogen) atoms. The molecule has 0 bridgehead atoms. The van der Waals surface area contributed by atoms with Gasteiger partial charge in [-0.15, -0.1) is 0 Å². The van der Waals surface area contributed by atoms with E-state index in [2.05, 4.69) is 10.6 Å². The number of hydrogen-bond donors (Lipinski definition) is 4. The van der Waals surface area contributed by atoms with Crippen LogP contribution in [0, 0.1) is 11.6 Å². The number of carbonyl (C=O) groups excluding carboxylic acids is 2. The molecule has 2 amide bonds. The lowest BCUT2D eigenvalue weighted by molar-refractivity contribution is -0.134. The van der Waals surface area contributed by atoms with Crippen LogP contribution in [0.2, 0.25) is 0 Å². The molecule has 2 rings (SSSR count). The van der Waals surface area contributed by atoms with Crippen molar-refractivity contribution >= 4 is 11.8 Å². The third-order valence-corrected chi connectivity index (χ3v) is 4.03. The summed E-state index contributed by atoms with van der Waals surface area (Å²) in [6, 6.07) is 2.15. The van der Waals surface area contributed by atoms with Gasteiger partial charge < -0.3 is 20.8 Å². The van der Waals surface area contributed by atoms with Gasteiger partial charge in [0.25, 0.3) is 0 Å². The zero-order chi connectivity index (χ0) is 18.4. The Hall–Kier alpha value is -2.10. The molecular weight excluding hydrogens is 336 g/mol. The standard InChI is InChI=1S/C16H21F2N3O4/c17-12-3-1-2-10(15(12)18)7-21-5-4-19-16(25)13(21)6-14(24)20-11(8-22)9-23/h1-3,11,13,22-23H,4-9H2,(H,19,25)(H,20,24)/t13-/m0/s1. The van der Waals surface area contributed by atoms with Crippen molar-refractivity contribution in [3.63, 3.8) is 0 Å². The molecule has 1 fully saturated rings. The number of hydrogen-bond acceptors (Lipinski definition) is 5. The fraction of sp³-hybridized carbons (Fsp3) is 0.500. The van der Waals surface area contributed by atoms with Gasteiger partial charge in [-0.3, -0.25) is 14.5 Å². The lowest BCUT2D eigenvalue weighted by Crippen LogP contribution is -2.56. The Balaban J connectivity index is 2.08. The van der Waals surface area contributed by atoms with Gasteiger partial charge in [-0.1, -0.05) is 12.1 Å². The van der Waals surface area contributed by atoms with E-state index >= 15 is 0 Å². The maximum absolute atomic E-state index is 13.9. The quantitative estimate of drug-likeness (QED) is 0.508. The highest BCUT2D eigenvalue weighted by Crippen LogP contribution is 2.18. The number of nitrogens with one attached hydrogen (secondary N) is 2. The number of carbonyl (C=O) groups is 2. The number of benzene rings is 1. The van der Waals surface area contributed by atoms with Gasteiger partial charge in [0.15, 0.2) is 11.6 Å². The Morgan fingerprint density at radius 1 is 1.36 bits per heavy atom. The molecule has 138 valence electrons. The molecule has 4 N–H and O–H groups in total. The van der Waals surface area contributed by atoms with Crippen molar-refractivity contribution in [1.82, 2.24) is 15.5 Å². The zero-order valence-corrected chi connectivity index (χ0v) is 13.5. The maximum atomic E-state index is 13.9. The monoisotopic (exact) mass is 357 g/mol. The molecule has 0 aliphatic carbocycles. The van der Waals surface area contributed by atoms with E-state index < -0.39 is 42.8 Å². The van der Waals surface area contributed by atoms with Crippen LogP contribution in [0.3, 0.4) is 0 Å². The number of rotatable bonds is 7. The second-order valence-corrected chi connectivity index (χ2v) is 5.82. The number of halogens is 2. The highest BCUT2D eigenvalue weighted by Gasteiger charge is 2.32. The summed E-state index contributed by atoms with van der Waals surface area (Å²) in [5.41, 5.74) is 0.101. The molecule has 0 saturated carbocycles. The molecular formula is C16H21F2N3O4. The van der Waals surface area contributed by atoms with Crippen molar-refractivity contribution in [3.05, 3.63) is 35.4 Å². The average molecular weight is 357 g/mol. The molecule has 9 heteroatoms. The molecule has 1 saturated heterocycles. The molecule has 0 aromatic heterocycles. The Bertz CT molecular complexity index is 625. The second kappa shape index (κ2) is 8.84. The Labute approximate surface area is 143 Å². The van der Waals surface area contributed by atoms with Gasteiger partial charge in [0.2, 0.25) is 11.8 Å². The van der Waals surface area contributed by atoms with E-state index in [1.165, 1.54) is 12.1 Å². The molecule has 0 unspecified atom stereocenters. The van der Waals surface area contributed by atoms with Gasteiger partial charge in [0.05, 0.1) is 31.7 Å². The highest BCUT2D eigenvalue weighted by molar-refractivity contribution is 5.88. The minimum atomic E-state index is -0.975. The van der Waals surface area contributed by atoms with Crippen LogP contribution in [0.15, 0.2) is 18.2 Å². The third kappa shape index (κ3) is 4.94. The van der Waals surface area contributed by atoms with E-state index in [1.807, 2.05) is 0 Å². The van der Waals surface area contributed by atoms with Crippen molar-refractivity contribution in [1.29, 1.82) is 0 Å². The first-order valence-electron chi connectivity index (χ1n) is 7.92. The van der Waals surface area contributed by atoms with E-state index in [9.17, 15) is 18.4 Å². The minimum Gasteiger partial charge on any atom is -0.394 e. The first-order chi connectivity index (χ1) is 12.0. The van der Waals surface area contributed by atoms with E-state index in [0.717, 1.165) is 6.07 Å². The van der Waals surface area contributed by atoms with Crippen LogP contribution in [-0.4, -0.2) is 65.3 Å². The lowest BCUT2D eigenvalue weighted by atomic mass is 10.1. The summed E-state index contributed by atoms with van der Waals surface area (Å²) in [5, 5.41) is 23.0. The summed E-state index contributed by atoms with van der Waals surface area (Å²) in [6.07, 6.45) is -0.223. The number of amides is 2. The van der Waals surface area contributed by atoms with E-state index in [-0.39, 0.29) is 24.4 Å². The molecule has 1 aromatic carbocycles. The largest absolute Gasteiger partial charge is 0.394 e. The van der Waals surface area contributed by atoms with Crippen molar-refractivity contribution in [2.24, 2.45) is 0 Å². The molecule has 0 radical (unpaired) electrons. The summed E-state index contributed by atoms with van der Waals surface area (Å²) in [4.78, 5) is 25.7. The van der Waals surface area contributed by atoms with Gasteiger partial charge in [-0.2, -0.15) is 0 Å². The van der Waals surface area contributed by atoms with Crippen LogP contribution >= 0.6 is 0 Å². The molecule has 0 spiro atoms. The smallest absolute Gasteiger partial charge is 0.237 e. The van der Waals surface area contributed by atoms with Crippen molar-refractivity contribution in [2.45, 2.75) is 25.0 Å². The summed E-state index contributed by atoms with van der Waals surface area (Å²) in [7, 11) is 0. The number of nitrogens with zero attached hydrogens (tertiary/aromatic N) is 1. The predicted molar refractivity (Wildman–Crippen MR) is 84.3 cm³/mol. The summed E-state index contributed by atoms with van der Waals surface area (Å²) < 4.78 is 27.2. The Morgan fingerprint density at radius 2 is 2.08 bits per heavy atom. The highest BCUT2D eigenvalue weighted by atomic mass is 19.2. The molecule has 1 aliphatic heterocycles. The van der Waals surface area contributed by atoms with Crippen LogP contribution in [0.5, 0.6) is 0 Å². The Kier molecular flexibility index (Phi) is 6.80. The summed E-state index contributed by atoms with van der Waals surface area (Å²) in [5.74, 6) is -2.86. The summed E-state index contributed by atoms with van der Waals surface area (Å²) >= 11 is 0. The van der Waals surface area contributed by atoms with Gasteiger partial charge in [-0.05, 0) is 6.07 Å². The van der Waals surface area contributed by atoms with Crippen LogP contribution in [0.4, 0.5) is 8.78 Å². The average Bonchev–Trinajstić information content (AvgIpc) is 2.59. The SMILES string of the molecule is O=C(C[C@H]1C(=O)NCCN1Cc1cccc(F)c1F)NC(CO)CO. The number of aliphatic hydroxyl groups is 2. The van der Waals surface area contributed by atoms with Gasteiger partial charge in [0, 0.05) is 25.2 Å².